The molecule has 0 atom stereocenters. The van der Waals surface area contributed by atoms with Crippen LogP contribution in [0.25, 0.3) is 0 Å². The molecular weight excluding hydrogens is 284 g/mol. The molecule has 22 heavy (non-hydrogen) atoms. The fourth-order valence-electron chi connectivity index (χ4n) is 1.90. The number of azo groups is 1. The lowest BCUT2D eigenvalue weighted by molar-refractivity contribution is 1.20. The molecule has 0 bridgehead atoms. The van der Waals surface area contributed by atoms with Crippen molar-refractivity contribution in [2.24, 2.45) is 33.6 Å². The molecule has 0 aliphatic carbocycles. The summed E-state index contributed by atoms with van der Waals surface area (Å²) in [6, 6.07) is 10.5. The van der Waals surface area contributed by atoms with Crippen LogP contribution < -0.4 is 45.1 Å². The average Bonchev–Trinajstić information content (AvgIpc) is 2.58. The number of nitrogens with one attached hydrogen (secondary N) is 4. The maximum absolute atomic E-state index is 5.49. The van der Waals surface area contributed by atoms with Crippen LogP contribution in [0.5, 0.6) is 0 Å². The quantitative estimate of drug-likeness (QED) is 0.223. The molecule has 2 rings (SSSR count). The van der Waals surface area contributed by atoms with Crippen LogP contribution in [0.2, 0.25) is 0 Å². The summed E-state index contributed by atoms with van der Waals surface area (Å²) < 4.78 is 0. The second-order valence-electron chi connectivity index (χ2n) is 4.18. The Kier molecular flexibility index (Phi) is 5.06. The highest BCUT2D eigenvalue weighted by Crippen LogP contribution is 2.35. The van der Waals surface area contributed by atoms with E-state index < -0.39 is 0 Å². The van der Waals surface area contributed by atoms with Crippen molar-refractivity contribution in [2.45, 2.75) is 0 Å². The highest BCUT2D eigenvalue weighted by atomic mass is 15.3. The van der Waals surface area contributed by atoms with Gasteiger partial charge in [-0.1, -0.05) is 12.1 Å². The zero-order valence-corrected chi connectivity index (χ0v) is 11.7. The minimum absolute atomic E-state index is 0.507. The van der Waals surface area contributed by atoms with Crippen molar-refractivity contribution in [1.82, 2.24) is 0 Å². The first-order chi connectivity index (χ1) is 10.7. The van der Waals surface area contributed by atoms with Crippen LogP contribution in [-0.2, 0) is 0 Å². The van der Waals surface area contributed by atoms with E-state index in [-0.39, 0.29) is 0 Å². The minimum Gasteiger partial charge on any atom is -0.322 e. The number of nitrogens with zero attached hydrogens (tertiary/aromatic N) is 2. The molecule has 2 aromatic carbocycles. The van der Waals surface area contributed by atoms with Gasteiger partial charge in [0.2, 0.25) is 0 Å². The predicted molar refractivity (Wildman–Crippen MR) is 88.3 cm³/mol. The SMILES string of the molecule is NNc1cccc(N=Nc2cccc(NN)c2NN)c1NN. The second-order valence-corrected chi connectivity index (χ2v) is 4.18. The van der Waals surface area contributed by atoms with E-state index >= 15 is 0 Å². The maximum atomic E-state index is 5.49. The predicted octanol–water partition coefficient (Wildman–Crippen LogP) is 1.24. The summed E-state index contributed by atoms with van der Waals surface area (Å²) in [5.74, 6) is 21.8. The maximum Gasteiger partial charge on any atom is 0.112 e. The average molecular weight is 302 g/mol. The molecule has 0 saturated heterocycles. The number of hydrogen-bond acceptors (Lipinski definition) is 10. The standard InChI is InChI=1S/C12H18N10/c13-17-7-3-1-5-9(11(7)19-15)21-22-10-6-2-4-8(18-14)12(10)20-16/h1-6,17-20H,13-16H2. The third-order valence-electron chi connectivity index (χ3n) is 2.95. The molecule has 0 spiro atoms. The first kappa shape index (κ1) is 15.5. The van der Waals surface area contributed by atoms with Gasteiger partial charge in [-0.2, -0.15) is 0 Å². The molecular formula is C12H18N10. The number of nitrogen functional groups attached to an aromatic ring is 4. The Morgan fingerprint density at radius 1 is 0.591 bits per heavy atom. The number of benzene rings is 2. The molecule has 2 aromatic rings. The van der Waals surface area contributed by atoms with Crippen molar-refractivity contribution in [3.8, 4) is 0 Å². The van der Waals surface area contributed by atoms with E-state index in [4.69, 9.17) is 23.4 Å². The Morgan fingerprint density at radius 3 is 1.32 bits per heavy atom. The van der Waals surface area contributed by atoms with E-state index in [1.54, 1.807) is 36.4 Å². The summed E-state index contributed by atoms with van der Waals surface area (Å²) in [7, 11) is 0. The summed E-state index contributed by atoms with van der Waals surface area (Å²) >= 11 is 0. The lowest BCUT2D eigenvalue weighted by atomic mass is 10.2. The molecule has 10 nitrogen and oxygen atoms in total. The number of rotatable bonds is 6. The third kappa shape index (κ3) is 3.05. The topological polar surface area (TPSA) is 177 Å². The van der Waals surface area contributed by atoms with Crippen LogP contribution >= 0.6 is 0 Å². The molecule has 12 N–H and O–H groups in total. The fourth-order valence-corrected chi connectivity index (χ4v) is 1.90. The van der Waals surface area contributed by atoms with Crippen LogP contribution in [0.1, 0.15) is 0 Å². The van der Waals surface area contributed by atoms with Crippen LogP contribution in [0, 0.1) is 0 Å². The van der Waals surface area contributed by atoms with Gasteiger partial charge in [-0.25, -0.2) is 0 Å². The third-order valence-corrected chi connectivity index (χ3v) is 2.95. The molecule has 0 saturated carbocycles. The van der Waals surface area contributed by atoms with Gasteiger partial charge < -0.3 is 21.7 Å². The molecule has 116 valence electrons. The summed E-state index contributed by atoms with van der Waals surface area (Å²) in [6.45, 7) is 0. The highest BCUT2D eigenvalue weighted by molar-refractivity contribution is 5.81. The van der Waals surface area contributed by atoms with E-state index in [2.05, 4.69) is 31.9 Å². The molecule has 0 aliphatic rings. The molecule has 0 unspecified atom stereocenters. The van der Waals surface area contributed by atoms with E-state index in [1.807, 2.05) is 0 Å². The summed E-state index contributed by atoms with van der Waals surface area (Å²) in [4.78, 5) is 0. The van der Waals surface area contributed by atoms with Crippen molar-refractivity contribution in [3.05, 3.63) is 36.4 Å². The van der Waals surface area contributed by atoms with Gasteiger partial charge in [0.1, 0.15) is 22.7 Å². The van der Waals surface area contributed by atoms with E-state index in [0.717, 1.165) is 0 Å². The number of anilines is 4. The number of nitrogens with two attached hydrogens (primary N) is 4. The Bertz CT molecular complexity index is 611. The monoisotopic (exact) mass is 302 g/mol. The van der Waals surface area contributed by atoms with Gasteiger partial charge >= 0.3 is 0 Å². The first-order valence-corrected chi connectivity index (χ1v) is 6.29. The van der Waals surface area contributed by atoms with Gasteiger partial charge in [0, 0.05) is 0 Å². The molecule has 10 heteroatoms. The zero-order valence-electron chi connectivity index (χ0n) is 11.7. The largest absolute Gasteiger partial charge is 0.322 e. The molecule has 0 heterocycles. The fraction of sp³-hybridized carbons (Fsp3) is 0. The minimum atomic E-state index is 0.507. The van der Waals surface area contributed by atoms with Crippen molar-refractivity contribution >= 4 is 34.1 Å². The zero-order chi connectivity index (χ0) is 15.9. The van der Waals surface area contributed by atoms with E-state index in [1.165, 1.54) is 0 Å². The first-order valence-electron chi connectivity index (χ1n) is 6.29. The summed E-state index contributed by atoms with van der Waals surface area (Å²) in [5, 5.41) is 8.33. The lowest BCUT2D eigenvalue weighted by Crippen LogP contribution is -2.14. The molecule has 0 amide bonds. The Hall–Kier alpha value is -2.92. The highest BCUT2D eigenvalue weighted by Gasteiger charge is 2.08. The van der Waals surface area contributed by atoms with Crippen molar-refractivity contribution in [2.75, 3.05) is 21.7 Å². The number of para-hydroxylation sites is 2. The Morgan fingerprint density at radius 2 is 1.00 bits per heavy atom. The Balaban J connectivity index is 2.41. The van der Waals surface area contributed by atoms with Crippen LogP contribution in [-0.4, -0.2) is 0 Å². The van der Waals surface area contributed by atoms with Gasteiger partial charge in [-0.3, -0.25) is 23.4 Å². The van der Waals surface area contributed by atoms with Gasteiger partial charge in [-0.05, 0) is 24.3 Å². The van der Waals surface area contributed by atoms with Crippen LogP contribution in [0.3, 0.4) is 0 Å². The number of hydrogen-bond donors (Lipinski definition) is 8. The molecule has 0 aromatic heterocycles. The van der Waals surface area contributed by atoms with Gasteiger partial charge in [0.15, 0.2) is 0 Å². The van der Waals surface area contributed by atoms with Gasteiger partial charge in [0.25, 0.3) is 0 Å². The second kappa shape index (κ2) is 7.19. The van der Waals surface area contributed by atoms with Gasteiger partial charge in [-0.15, -0.1) is 10.2 Å². The number of hydrazine groups is 4. The Labute approximate surface area is 126 Å². The molecule has 0 fully saturated rings. The van der Waals surface area contributed by atoms with Crippen molar-refractivity contribution < 1.29 is 0 Å². The van der Waals surface area contributed by atoms with Crippen molar-refractivity contribution in [1.29, 1.82) is 0 Å². The summed E-state index contributed by atoms with van der Waals surface area (Å²) in [5.41, 5.74) is 13.3. The summed E-state index contributed by atoms with van der Waals surface area (Å²) in [6.07, 6.45) is 0. The lowest BCUT2D eigenvalue weighted by Gasteiger charge is -2.11. The van der Waals surface area contributed by atoms with Crippen LogP contribution in [0.4, 0.5) is 34.1 Å². The van der Waals surface area contributed by atoms with Gasteiger partial charge in [0.05, 0.1) is 11.4 Å². The molecule has 0 aliphatic heterocycles. The van der Waals surface area contributed by atoms with E-state index in [0.29, 0.717) is 34.1 Å². The normalized spacial score (nSPS) is 10.5. The van der Waals surface area contributed by atoms with Crippen LogP contribution in [0.15, 0.2) is 46.6 Å². The smallest absolute Gasteiger partial charge is 0.112 e. The van der Waals surface area contributed by atoms with E-state index in [9.17, 15) is 0 Å². The van der Waals surface area contributed by atoms with Crippen molar-refractivity contribution in [3.63, 3.8) is 0 Å². The molecule has 0 radical (unpaired) electrons.